The molecule has 0 N–H and O–H groups in total. The number of carbonyl (C=O) groups is 1. The number of amides is 1. The quantitative estimate of drug-likeness (QED) is 0.817. The average molecular weight is 310 g/mol. The molecule has 1 aliphatic rings. The van der Waals surface area contributed by atoms with Gasteiger partial charge in [-0.15, -0.1) is 0 Å². The minimum atomic E-state index is -0.0287. The van der Waals surface area contributed by atoms with Crippen LogP contribution in [0.3, 0.4) is 0 Å². The monoisotopic (exact) mass is 310 g/mol. The lowest BCUT2D eigenvalue weighted by molar-refractivity contribution is -0.122. The van der Waals surface area contributed by atoms with Gasteiger partial charge in [0.15, 0.2) is 5.17 Å². The van der Waals surface area contributed by atoms with Gasteiger partial charge in [0.1, 0.15) is 0 Å². The van der Waals surface area contributed by atoms with Gasteiger partial charge in [0.25, 0.3) is 5.91 Å². The fourth-order valence-corrected chi connectivity index (χ4v) is 3.08. The van der Waals surface area contributed by atoms with E-state index < -0.39 is 0 Å². The minimum Gasteiger partial charge on any atom is -0.287 e. The molecule has 2 aromatic rings. The molecule has 3 rings (SSSR count). The molecule has 0 atom stereocenters. The topological polar surface area (TPSA) is 58.5 Å². The number of carbonyl (C=O) groups excluding carboxylic acids is 1. The minimum absolute atomic E-state index is 0.0287. The number of aromatic nitrogens is 2. The van der Waals surface area contributed by atoms with E-state index >= 15 is 0 Å². The third-order valence-electron chi connectivity index (χ3n) is 3.06. The van der Waals surface area contributed by atoms with Crippen LogP contribution in [0.2, 0.25) is 0 Å². The van der Waals surface area contributed by atoms with Crippen LogP contribution in [0.15, 0.2) is 59.0 Å². The van der Waals surface area contributed by atoms with Crippen molar-refractivity contribution in [1.29, 1.82) is 0 Å². The normalized spacial score (nSPS) is 18.4. The van der Waals surface area contributed by atoms with E-state index in [0.29, 0.717) is 16.6 Å². The van der Waals surface area contributed by atoms with Crippen LogP contribution < -0.4 is 0 Å². The fourth-order valence-electron chi connectivity index (χ4n) is 2.01. The molecule has 1 fully saturated rings. The van der Waals surface area contributed by atoms with E-state index in [0.717, 1.165) is 11.3 Å². The lowest BCUT2D eigenvalue weighted by atomic mass is 10.2. The van der Waals surface area contributed by atoms with Gasteiger partial charge >= 0.3 is 0 Å². The third-order valence-corrected chi connectivity index (χ3v) is 4.06. The first-order valence-electron chi connectivity index (χ1n) is 6.88. The predicted molar refractivity (Wildman–Crippen MR) is 88.5 cm³/mol. The molecule has 6 heteroatoms. The van der Waals surface area contributed by atoms with Crippen molar-refractivity contribution in [3.63, 3.8) is 0 Å². The zero-order valence-corrected chi connectivity index (χ0v) is 12.8. The van der Waals surface area contributed by atoms with Crippen molar-refractivity contribution in [2.24, 2.45) is 4.99 Å². The Kier molecular flexibility index (Phi) is 4.29. The standard InChI is InChI=1S/C16H14N4OS/c1-2-20-15(21)14(9-12-5-3-7-17-10-12)22-16(20)19-13-6-4-8-18-11-13/h3-11H,2H2,1H3/b14-9-,19-16?. The number of aliphatic imine (C=N–C) groups is 1. The molecular formula is C16H14N4OS. The molecule has 0 radical (unpaired) electrons. The predicted octanol–water partition coefficient (Wildman–Crippen LogP) is 3.10. The van der Waals surface area contributed by atoms with Crippen LogP contribution in [0, 0.1) is 0 Å². The molecule has 110 valence electrons. The zero-order chi connectivity index (χ0) is 15.4. The molecule has 3 heterocycles. The highest BCUT2D eigenvalue weighted by molar-refractivity contribution is 8.18. The van der Waals surface area contributed by atoms with Crippen molar-refractivity contribution in [3.8, 4) is 0 Å². The van der Waals surface area contributed by atoms with Crippen molar-refractivity contribution in [3.05, 3.63) is 59.5 Å². The molecule has 1 aliphatic heterocycles. The summed E-state index contributed by atoms with van der Waals surface area (Å²) < 4.78 is 0. The number of rotatable bonds is 3. The van der Waals surface area contributed by atoms with E-state index in [1.54, 1.807) is 29.7 Å². The number of hydrogen-bond acceptors (Lipinski definition) is 5. The molecule has 22 heavy (non-hydrogen) atoms. The summed E-state index contributed by atoms with van der Waals surface area (Å²) in [7, 11) is 0. The van der Waals surface area contributed by atoms with Crippen LogP contribution in [0.1, 0.15) is 12.5 Å². The third kappa shape index (κ3) is 3.07. The van der Waals surface area contributed by atoms with Crippen LogP contribution in [-0.4, -0.2) is 32.5 Å². The van der Waals surface area contributed by atoms with Gasteiger partial charge in [-0.2, -0.15) is 0 Å². The maximum Gasteiger partial charge on any atom is 0.266 e. The second-order valence-corrected chi connectivity index (χ2v) is 5.56. The van der Waals surface area contributed by atoms with Gasteiger partial charge in [0.2, 0.25) is 0 Å². The van der Waals surface area contributed by atoms with Gasteiger partial charge in [0, 0.05) is 25.1 Å². The molecule has 1 amide bonds. The number of likely N-dealkylation sites (N-methyl/N-ethyl adjacent to an activating group) is 1. The highest BCUT2D eigenvalue weighted by Crippen LogP contribution is 2.33. The van der Waals surface area contributed by atoms with E-state index in [2.05, 4.69) is 15.0 Å². The molecule has 0 unspecified atom stereocenters. The van der Waals surface area contributed by atoms with Crippen LogP contribution in [0.4, 0.5) is 5.69 Å². The Morgan fingerprint density at radius 3 is 2.64 bits per heavy atom. The van der Waals surface area contributed by atoms with Gasteiger partial charge in [-0.05, 0) is 48.5 Å². The number of pyridine rings is 2. The molecule has 5 nitrogen and oxygen atoms in total. The molecule has 1 saturated heterocycles. The Labute approximate surface area is 132 Å². The lowest BCUT2D eigenvalue weighted by Crippen LogP contribution is -2.28. The zero-order valence-electron chi connectivity index (χ0n) is 12.0. The summed E-state index contributed by atoms with van der Waals surface area (Å²) in [5.41, 5.74) is 1.64. The fraction of sp³-hybridized carbons (Fsp3) is 0.125. The average Bonchev–Trinajstić information content (AvgIpc) is 2.84. The maximum absolute atomic E-state index is 12.5. The summed E-state index contributed by atoms with van der Waals surface area (Å²) in [5, 5.41) is 0.677. The van der Waals surface area contributed by atoms with E-state index in [-0.39, 0.29) is 5.91 Å². The SMILES string of the molecule is CCN1C(=O)/C(=C/c2cccnc2)SC1=Nc1cccnc1. The van der Waals surface area contributed by atoms with Crippen LogP contribution in [0.25, 0.3) is 6.08 Å². The van der Waals surface area contributed by atoms with Gasteiger partial charge in [0.05, 0.1) is 16.8 Å². The largest absolute Gasteiger partial charge is 0.287 e. The summed E-state index contributed by atoms with van der Waals surface area (Å²) in [4.78, 5) is 27.4. The Hall–Kier alpha value is -2.47. The van der Waals surface area contributed by atoms with Crippen LogP contribution >= 0.6 is 11.8 Å². The summed E-state index contributed by atoms with van der Waals surface area (Å²) in [6, 6.07) is 7.45. The molecule has 0 aliphatic carbocycles. The molecule has 0 saturated carbocycles. The number of hydrogen-bond donors (Lipinski definition) is 0. The first kappa shape index (κ1) is 14.5. The van der Waals surface area contributed by atoms with Crippen LogP contribution in [-0.2, 0) is 4.79 Å². The highest BCUT2D eigenvalue weighted by Gasteiger charge is 2.32. The maximum atomic E-state index is 12.5. The summed E-state index contributed by atoms with van der Waals surface area (Å²) in [5.74, 6) is -0.0287. The second kappa shape index (κ2) is 6.53. The van der Waals surface area contributed by atoms with Crippen molar-refractivity contribution in [2.75, 3.05) is 6.54 Å². The number of amidine groups is 1. The van der Waals surface area contributed by atoms with E-state index in [9.17, 15) is 4.79 Å². The second-order valence-electron chi connectivity index (χ2n) is 4.55. The van der Waals surface area contributed by atoms with Crippen molar-refractivity contribution in [1.82, 2.24) is 14.9 Å². The van der Waals surface area contributed by atoms with Gasteiger partial charge in [-0.25, -0.2) is 4.99 Å². The Bertz CT molecular complexity index is 728. The number of thioether (sulfide) groups is 1. The highest BCUT2D eigenvalue weighted by atomic mass is 32.2. The summed E-state index contributed by atoms with van der Waals surface area (Å²) in [6.07, 6.45) is 8.65. The van der Waals surface area contributed by atoms with Crippen LogP contribution in [0.5, 0.6) is 0 Å². The first-order valence-corrected chi connectivity index (χ1v) is 7.69. The molecule has 0 bridgehead atoms. The van der Waals surface area contributed by atoms with E-state index in [1.165, 1.54) is 11.8 Å². The van der Waals surface area contributed by atoms with Gasteiger partial charge in [-0.1, -0.05) is 6.07 Å². The van der Waals surface area contributed by atoms with Crippen molar-refractivity contribution >= 4 is 34.6 Å². The lowest BCUT2D eigenvalue weighted by Gasteiger charge is -2.11. The van der Waals surface area contributed by atoms with Crippen molar-refractivity contribution in [2.45, 2.75) is 6.92 Å². The summed E-state index contributed by atoms with van der Waals surface area (Å²) >= 11 is 1.37. The molecule has 0 aromatic carbocycles. The smallest absolute Gasteiger partial charge is 0.266 e. The first-order chi connectivity index (χ1) is 10.8. The number of nitrogens with zero attached hydrogens (tertiary/aromatic N) is 4. The van der Waals surface area contributed by atoms with E-state index in [1.807, 2.05) is 37.3 Å². The molecule has 2 aromatic heterocycles. The van der Waals surface area contributed by atoms with Crippen molar-refractivity contribution < 1.29 is 4.79 Å². The molecule has 0 spiro atoms. The summed E-state index contributed by atoms with van der Waals surface area (Å²) in [6.45, 7) is 2.51. The Morgan fingerprint density at radius 2 is 2.00 bits per heavy atom. The van der Waals surface area contributed by atoms with E-state index in [4.69, 9.17) is 0 Å². The Morgan fingerprint density at radius 1 is 1.23 bits per heavy atom. The Balaban J connectivity index is 1.92. The van der Waals surface area contributed by atoms with Gasteiger partial charge < -0.3 is 0 Å². The molecular weight excluding hydrogens is 296 g/mol. The van der Waals surface area contributed by atoms with Gasteiger partial charge in [-0.3, -0.25) is 19.7 Å².